The highest BCUT2D eigenvalue weighted by Crippen LogP contribution is 2.22. The highest BCUT2D eigenvalue weighted by Gasteiger charge is 2.07. The summed E-state index contributed by atoms with van der Waals surface area (Å²) in [5.74, 6) is 0.863. The molecule has 0 radical (unpaired) electrons. The van der Waals surface area contributed by atoms with Gasteiger partial charge >= 0.3 is 0 Å². The number of rotatable bonds is 4. The number of hydrogen-bond donors (Lipinski definition) is 0. The van der Waals surface area contributed by atoms with E-state index >= 15 is 0 Å². The van der Waals surface area contributed by atoms with Crippen LogP contribution >= 0.6 is 0 Å². The summed E-state index contributed by atoms with van der Waals surface area (Å²) in [6, 6.07) is 10.8. The molecule has 80 valence electrons. The average molecular weight is 200 g/mol. The van der Waals surface area contributed by atoms with E-state index in [1.165, 1.54) is 44.1 Å². The van der Waals surface area contributed by atoms with Gasteiger partial charge in [0.1, 0.15) is 0 Å². The molecular weight excluding hydrogens is 180 g/mol. The maximum absolute atomic E-state index is 2.43. The van der Waals surface area contributed by atoms with Gasteiger partial charge in [-0.05, 0) is 50.0 Å². The minimum Gasteiger partial charge on any atom is -0.0883 e. The molecule has 0 amide bonds. The molecule has 1 aromatic carbocycles. The first-order valence-electron chi connectivity index (χ1n) is 6.16. The Balaban J connectivity index is 1.70. The molecule has 0 heteroatoms. The Hall–Kier alpha value is -1.04. The van der Waals surface area contributed by atoms with Gasteiger partial charge in [0, 0.05) is 0 Å². The molecule has 2 rings (SSSR count). The van der Waals surface area contributed by atoms with E-state index in [9.17, 15) is 0 Å². The smallest absolute Gasteiger partial charge is 0.0233 e. The maximum Gasteiger partial charge on any atom is -0.0233 e. The lowest BCUT2D eigenvalue weighted by atomic mass is 9.91. The summed E-state index contributed by atoms with van der Waals surface area (Å²) in [6.45, 7) is 0. The predicted octanol–water partition coefficient (Wildman–Crippen LogP) is 4.37. The molecule has 1 atom stereocenters. The molecule has 0 saturated heterocycles. The van der Waals surface area contributed by atoms with E-state index in [1.54, 1.807) is 0 Å². The highest BCUT2D eigenvalue weighted by atomic mass is 14.1. The van der Waals surface area contributed by atoms with E-state index in [-0.39, 0.29) is 0 Å². The third-order valence-electron chi connectivity index (χ3n) is 3.24. The van der Waals surface area contributed by atoms with Crippen LogP contribution in [0.4, 0.5) is 0 Å². The van der Waals surface area contributed by atoms with Crippen LogP contribution in [0.1, 0.15) is 37.7 Å². The molecule has 0 heterocycles. The molecular formula is C15H20. The molecule has 1 unspecified atom stereocenters. The normalized spacial score (nSPS) is 20.4. The quantitative estimate of drug-likeness (QED) is 0.633. The third kappa shape index (κ3) is 3.54. The summed E-state index contributed by atoms with van der Waals surface area (Å²) >= 11 is 0. The standard InChI is InChI=1S/C15H20/c1-3-8-14(9-4-1)12-7-13-15-10-5-2-6-11-15/h1,3-5,8-10,15H,2,6-7,11-13H2. The van der Waals surface area contributed by atoms with Crippen molar-refractivity contribution in [1.82, 2.24) is 0 Å². The van der Waals surface area contributed by atoms with Crippen LogP contribution in [0.2, 0.25) is 0 Å². The molecule has 1 aliphatic rings. The maximum atomic E-state index is 2.43. The van der Waals surface area contributed by atoms with E-state index in [0.29, 0.717) is 0 Å². The van der Waals surface area contributed by atoms with Crippen LogP contribution in [0.25, 0.3) is 0 Å². The van der Waals surface area contributed by atoms with Gasteiger partial charge in [-0.3, -0.25) is 0 Å². The van der Waals surface area contributed by atoms with Crippen LogP contribution in [0.3, 0.4) is 0 Å². The number of benzene rings is 1. The van der Waals surface area contributed by atoms with Crippen LogP contribution < -0.4 is 0 Å². The average Bonchev–Trinajstić information content (AvgIpc) is 2.32. The van der Waals surface area contributed by atoms with Crippen molar-refractivity contribution in [3.8, 4) is 0 Å². The fraction of sp³-hybridized carbons (Fsp3) is 0.467. The zero-order valence-electron chi connectivity index (χ0n) is 9.36. The van der Waals surface area contributed by atoms with Gasteiger partial charge in [-0.15, -0.1) is 0 Å². The van der Waals surface area contributed by atoms with Crippen molar-refractivity contribution >= 4 is 0 Å². The number of hydrogen-bond acceptors (Lipinski definition) is 0. The lowest BCUT2D eigenvalue weighted by Gasteiger charge is -2.15. The fourth-order valence-electron chi connectivity index (χ4n) is 2.34. The largest absolute Gasteiger partial charge is 0.0883 e. The third-order valence-corrected chi connectivity index (χ3v) is 3.24. The molecule has 0 saturated carbocycles. The molecule has 1 aromatic rings. The molecule has 1 aliphatic carbocycles. The van der Waals surface area contributed by atoms with Crippen LogP contribution in [0, 0.1) is 5.92 Å². The SMILES string of the molecule is C1=CC(CCCc2ccccc2)CCC1. The Morgan fingerprint density at radius 1 is 1.13 bits per heavy atom. The minimum atomic E-state index is 0.863. The molecule has 15 heavy (non-hydrogen) atoms. The zero-order valence-corrected chi connectivity index (χ0v) is 9.36. The lowest BCUT2D eigenvalue weighted by Crippen LogP contribution is -2.01. The van der Waals surface area contributed by atoms with Crippen LogP contribution in [0.15, 0.2) is 42.5 Å². The van der Waals surface area contributed by atoms with Gasteiger partial charge in [0.15, 0.2) is 0 Å². The van der Waals surface area contributed by atoms with Gasteiger partial charge in [0.2, 0.25) is 0 Å². The van der Waals surface area contributed by atoms with Crippen LogP contribution in [0.5, 0.6) is 0 Å². The van der Waals surface area contributed by atoms with Gasteiger partial charge in [0.05, 0.1) is 0 Å². The van der Waals surface area contributed by atoms with E-state index in [1.807, 2.05) is 0 Å². The first-order valence-corrected chi connectivity index (χ1v) is 6.16. The number of allylic oxidation sites excluding steroid dienone is 2. The van der Waals surface area contributed by atoms with Crippen molar-refractivity contribution < 1.29 is 0 Å². The zero-order chi connectivity index (χ0) is 10.3. The Morgan fingerprint density at radius 2 is 2.00 bits per heavy atom. The van der Waals surface area contributed by atoms with Crippen molar-refractivity contribution in [2.75, 3.05) is 0 Å². The van der Waals surface area contributed by atoms with Crippen molar-refractivity contribution in [2.45, 2.75) is 38.5 Å². The number of aryl methyl sites for hydroxylation is 1. The summed E-state index contributed by atoms with van der Waals surface area (Å²) in [5.41, 5.74) is 1.48. The lowest BCUT2D eigenvalue weighted by molar-refractivity contribution is 0.489. The van der Waals surface area contributed by atoms with Gasteiger partial charge in [-0.1, -0.05) is 42.5 Å². The topological polar surface area (TPSA) is 0 Å². The second-order valence-corrected chi connectivity index (χ2v) is 4.50. The second kappa shape index (κ2) is 5.75. The summed E-state index contributed by atoms with van der Waals surface area (Å²) in [4.78, 5) is 0. The summed E-state index contributed by atoms with van der Waals surface area (Å²) in [5, 5.41) is 0. The second-order valence-electron chi connectivity index (χ2n) is 4.50. The summed E-state index contributed by atoms with van der Waals surface area (Å²) in [7, 11) is 0. The van der Waals surface area contributed by atoms with Crippen LogP contribution in [-0.2, 0) is 6.42 Å². The van der Waals surface area contributed by atoms with E-state index in [4.69, 9.17) is 0 Å². The van der Waals surface area contributed by atoms with Gasteiger partial charge in [-0.2, -0.15) is 0 Å². The Morgan fingerprint density at radius 3 is 2.73 bits per heavy atom. The van der Waals surface area contributed by atoms with Crippen molar-refractivity contribution in [2.24, 2.45) is 5.92 Å². The van der Waals surface area contributed by atoms with Crippen molar-refractivity contribution in [3.05, 3.63) is 48.0 Å². The van der Waals surface area contributed by atoms with E-state index in [0.717, 1.165) is 5.92 Å². The van der Waals surface area contributed by atoms with Gasteiger partial charge in [0.25, 0.3) is 0 Å². The van der Waals surface area contributed by atoms with Crippen LogP contribution in [-0.4, -0.2) is 0 Å². The molecule has 0 aliphatic heterocycles. The van der Waals surface area contributed by atoms with Gasteiger partial charge in [-0.25, -0.2) is 0 Å². The first kappa shape index (κ1) is 10.5. The molecule has 0 fully saturated rings. The molecule has 0 nitrogen and oxygen atoms in total. The minimum absolute atomic E-state index is 0.863. The Kier molecular flexibility index (Phi) is 4.01. The first-order chi connectivity index (χ1) is 7.45. The molecule has 0 aromatic heterocycles. The predicted molar refractivity (Wildman–Crippen MR) is 65.9 cm³/mol. The summed E-state index contributed by atoms with van der Waals surface area (Å²) in [6.07, 6.45) is 12.8. The highest BCUT2D eigenvalue weighted by molar-refractivity contribution is 5.14. The Bertz CT molecular complexity index is 297. The molecule has 0 N–H and O–H groups in total. The van der Waals surface area contributed by atoms with Crippen molar-refractivity contribution in [1.29, 1.82) is 0 Å². The Labute approximate surface area is 93.0 Å². The summed E-state index contributed by atoms with van der Waals surface area (Å²) < 4.78 is 0. The fourth-order valence-corrected chi connectivity index (χ4v) is 2.34. The van der Waals surface area contributed by atoms with E-state index in [2.05, 4.69) is 42.5 Å². The van der Waals surface area contributed by atoms with Gasteiger partial charge < -0.3 is 0 Å². The monoisotopic (exact) mass is 200 g/mol. The molecule has 0 bridgehead atoms. The van der Waals surface area contributed by atoms with E-state index < -0.39 is 0 Å². The molecule has 0 spiro atoms. The van der Waals surface area contributed by atoms with Crippen molar-refractivity contribution in [3.63, 3.8) is 0 Å².